The molecule has 2 N–H and O–H groups in total. The molecule has 2 aromatic carbocycles. The van der Waals surface area contributed by atoms with Crippen molar-refractivity contribution in [2.75, 3.05) is 12.1 Å². The molecule has 0 aliphatic carbocycles. The third-order valence-electron chi connectivity index (χ3n) is 3.46. The molecular weight excluding hydrogens is 322 g/mol. The first-order valence-electron chi connectivity index (χ1n) is 7.70. The number of carbonyl (C=O) groups is 2. The molecule has 3 rings (SSSR count). The van der Waals surface area contributed by atoms with Crippen LogP contribution in [-0.4, -0.2) is 24.3 Å². The maximum absolute atomic E-state index is 12.1. The highest BCUT2D eigenvalue weighted by atomic mass is 16.7. The van der Waals surface area contributed by atoms with Gasteiger partial charge in [0.15, 0.2) is 11.5 Å². The molecule has 1 heterocycles. The summed E-state index contributed by atoms with van der Waals surface area (Å²) in [6.07, 6.45) is 0.0590. The van der Waals surface area contributed by atoms with Crippen LogP contribution >= 0.6 is 0 Å². The van der Waals surface area contributed by atoms with Crippen LogP contribution in [0.1, 0.15) is 23.7 Å². The predicted octanol–water partition coefficient (Wildman–Crippen LogP) is 2.55. The summed E-state index contributed by atoms with van der Waals surface area (Å²) in [5.41, 5.74) is 4.03. The van der Waals surface area contributed by atoms with Gasteiger partial charge in [0.2, 0.25) is 12.7 Å². The van der Waals surface area contributed by atoms with Crippen molar-refractivity contribution in [3.63, 3.8) is 0 Å². The van der Waals surface area contributed by atoms with Crippen molar-refractivity contribution in [1.82, 2.24) is 5.43 Å². The summed E-state index contributed by atoms with van der Waals surface area (Å²) < 4.78 is 10.5. The fourth-order valence-corrected chi connectivity index (χ4v) is 2.25. The summed E-state index contributed by atoms with van der Waals surface area (Å²) in [5, 5.41) is 6.71. The Balaban J connectivity index is 1.52. The summed E-state index contributed by atoms with van der Waals surface area (Å²) in [5.74, 6) is 0.683. The van der Waals surface area contributed by atoms with E-state index >= 15 is 0 Å². The van der Waals surface area contributed by atoms with E-state index < -0.39 is 0 Å². The van der Waals surface area contributed by atoms with Crippen molar-refractivity contribution in [1.29, 1.82) is 0 Å². The van der Waals surface area contributed by atoms with Gasteiger partial charge < -0.3 is 14.8 Å². The molecule has 0 radical (unpaired) electrons. The summed E-state index contributed by atoms with van der Waals surface area (Å²) in [6.45, 7) is 1.85. The Morgan fingerprint density at radius 3 is 2.64 bits per heavy atom. The molecule has 0 unspecified atom stereocenters. The molecule has 25 heavy (non-hydrogen) atoms. The molecule has 0 aromatic heterocycles. The number of fused-ring (bicyclic) bond motifs is 1. The van der Waals surface area contributed by atoms with E-state index in [2.05, 4.69) is 15.8 Å². The van der Waals surface area contributed by atoms with Crippen molar-refractivity contribution in [3.8, 4) is 11.5 Å². The van der Waals surface area contributed by atoms with E-state index in [1.54, 1.807) is 49.4 Å². The van der Waals surface area contributed by atoms with Gasteiger partial charge in [0.05, 0.1) is 6.42 Å². The van der Waals surface area contributed by atoms with Crippen LogP contribution < -0.4 is 20.2 Å². The van der Waals surface area contributed by atoms with Gasteiger partial charge in [0.1, 0.15) is 0 Å². The number of carbonyl (C=O) groups excluding carboxylic acids is 2. The highest BCUT2D eigenvalue weighted by molar-refractivity contribution is 6.06. The van der Waals surface area contributed by atoms with Gasteiger partial charge >= 0.3 is 0 Å². The van der Waals surface area contributed by atoms with Crippen LogP contribution in [0.4, 0.5) is 5.69 Å². The van der Waals surface area contributed by atoms with Gasteiger partial charge in [-0.15, -0.1) is 0 Å². The highest BCUT2D eigenvalue weighted by Gasteiger charge is 2.14. The van der Waals surface area contributed by atoms with E-state index in [1.807, 2.05) is 6.07 Å². The lowest BCUT2D eigenvalue weighted by Crippen LogP contribution is -2.21. The topological polar surface area (TPSA) is 89.0 Å². The van der Waals surface area contributed by atoms with E-state index in [1.165, 1.54) is 0 Å². The standard InChI is InChI=1S/C18H17N3O4/c1-12(20-21-18(23)13-5-3-2-4-6-13)9-17(22)19-14-7-8-15-16(10-14)25-11-24-15/h2-8,10H,9,11H2,1H3,(H,19,22)(H,21,23)/b20-12+. The number of ether oxygens (including phenoxy) is 2. The van der Waals surface area contributed by atoms with Crippen molar-refractivity contribution < 1.29 is 19.1 Å². The van der Waals surface area contributed by atoms with E-state index in [9.17, 15) is 9.59 Å². The Morgan fingerprint density at radius 1 is 1.08 bits per heavy atom. The van der Waals surface area contributed by atoms with Crippen molar-refractivity contribution >= 4 is 23.2 Å². The van der Waals surface area contributed by atoms with Crippen LogP contribution in [0.3, 0.4) is 0 Å². The molecule has 0 saturated carbocycles. The Morgan fingerprint density at radius 2 is 1.84 bits per heavy atom. The minimum atomic E-state index is -0.323. The maximum Gasteiger partial charge on any atom is 0.271 e. The lowest BCUT2D eigenvalue weighted by Gasteiger charge is -2.06. The number of amides is 2. The quantitative estimate of drug-likeness (QED) is 0.647. The van der Waals surface area contributed by atoms with Gasteiger partial charge in [-0.3, -0.25) is 9.59 Å². The summed E-state index contributed by atoms with van der Waals surface area (Å²) in [7, 11) is 0. The number of hydrazone groups is 1. The van der Waals surface area contributed by atoms with Gasteiger partial charge in [-0.05, 0) is 31.2 Å². The molecule has 1 aliphatic rings. The summed E-state index contributed by atoms with van der Waals surface area (Å²) in [6, 6.07) is 13.9. The third kappa shape index (κ3) is 4.35. The second kappa shape index (κ2) is 7.48. The van der Waals surface area contributed by atoms with Gasteiger partial charge in [-0.2, -0.15) is 5.10 Å². The molecule has 7 nitrogen and oxygen atoms in total. The Bertz CT molecular complexity index is 818. The third-order valence-corrected chi connectivity index (χ3v) is 3.46. The first-order valence-corrected chi connectivity index (χ1v) is 7.70. The smallest absolute Gasteiger partial charge is 0.271 e. The van der Waals surface area contributed by atoms with Gasteiger partial charge in [-0.1, -0.05) is 18.2 Å². The zero-order valence-electron chi connectivity index (χ0n) is 13.6. The molecule has 0 spiro atoms. The number of nitrogens with zero attached hydrogens (tertiary/aromatic N) is 1. The van der Waals surface area contributed by atoms with Crippen molar-refractivity contribution in [2.45, 2.75) is 13.3 Å². The van der Waals surface area contributed by atoms with E-state index in [-0.39, 0.29) is 25.0 Å². The van der Waals surface area contributed by atoms with E-state index in [4.69, 9.17) is 9.47 Å². The van der Waals surface area contributed by atoms with Crippen molar-refractivity contribution in [3.05, 3.63) is 54.1 Å². The lowest BCUT2D eigenvalue weighted by atomic mass is 10.2. The number of benzene rings is 2. The number of hydrogen-bond acceptors (Lipinski definition) is 5. The molecule has 7 heteroatoms. The zero-order valence-corrected chi connectivity index (χ0v) is 13.6. The van der Waals surface area contributed by atoms with Crippen LogP contribution in [0.25, 0.3) is 0 Å². The predicted molar refractivity (Wildman–Crippen MR) is 92.8 cm³/mol. The van der Waals surface area contributed by atoms with E-state index in [0.717, 1.165) is 0 Å². The number of nitrogens with one attached hydrogen (secondary N) is 2. The largest absolute Gasteiger partial charge is 0.454 e. The SMILES string of the molecule is C/C(CC(=O)Nc1ccc2c(c1)OCO2)=N\NC(=O)c1ccccc1. The Labute approximate surface area is 144 Å². The molecule has 0 atom stereocenters. The van der Waals surface area contributed by atoms with Crippen molar-refractivity contribution in [2.24, 2.45) is 5.10 Å². The van der Waals surface area contributed by atoms with Crippen LogP contribution in [0, 0.1) is 0 Å². The zero-order chi connectivity index (χ0) is 17.6. The molecule has 128 valence electrons. The van der Waals surface area contributed by atoms with Gasteiger partial charge in [-0.25, -0.2) is 5.43 Å². The fraction of sp³-hybridized carbons (Fsp3) is 0.167. The fourth-order valence-electron chi connectivity index (χ4n) is 2.25. The van der Waals surface area contributed by atoms with Gasteiger partial charge in [0.25, 0.3) is 5.91 Å². The lowest BCUT2D eigenvalue weighted by molar-refractivity contribution is -0.115. The van der Waals surface area contributed by atoms with Crippen LogP contribution in [0.2, 0.25) is 0 Å². The minimum Gasteiger partial charge on any atom is -0.454 e. The average Bonchev–Trinajstić information content (AvgIpc) is 3.08. The van der Waals surface area contributed by atoms with Crippen LogP contribution in [0.5, 0.6) is 11.5 Å². The first kappa shape index (κ1) is 16.5. The number of rotatable bonds is 5. The average molecular weight is 339 g/mol. The highest BCUT2D eigenvalue weighted by Crippen LogP contribution is 2.34. The first-order chi connectivity index (χ1) is 12.1. The molecule has 0 saturated heterocycles. The maximum atomic E-state index is 12.1. The molecule has 0 fully saturated rings. The molecular formula is C18H17N3O4. The molecule has 2 amide bonds. The normalized spacial score (nSPS) is 12.6. The molecule has 1 aliphatic heterocycles. The van der Waals surface area contributed by atoms with Gasteiger partial charge in [0, 0.05) is 23.0 Å². The van der Waals surface area contributed by atoms with Crippen LogP contribution in [0.15, 0.2) is 53.6 Å². The second-order valence-electron chi connectivity index (χ2n) is 5.45. The van der Waals surface area contributed by atoms with E-state index in [0.29, 0.717) is 28.5 Å². The molecule has 0 bridgehead atoms. The number of anilines is 1. The number of hydrogen-bond donors (Lipinski definition) is 2. The van der Waals surface area contributed by atoms with Crippen LogP contribution in [-0.2, 0) is 4.79 Å². The summed E-state index contributed by atoms with van der Waals surface area (Å²) in [4.78, 5) is 24.0. The Kier molecular flexibility index (Phi) is 4.94. The monoisotopic (exact) mass is 339 g/mol. The second-order valence-corrected chi connectivity index (χ2v) is 5.45. The minimum absolute atomic E-state index is 0.0590. The molecule has 2 aromatic rings. The Hall–Kier alpha value is -3.35. The summed E-state index contributed by atoms with van der Waals surface area (Å²) >= 11 is 0.